The Labute approximate surface area is 161 Å². The number of carbonyl (C=O) groups is 1. The van der Waals surface area contributed by atoms with E-state index >= 15 is 0 Å². The van der Waals surface area contributed by atoms with Crippen LogP contribution in [-0.4, -0.2) is 20.0 Å². The molecule has 0 aliphatic rings. The molecule has 0 heterocycles. The Morgan fingerprint density at radius 2 is 1.67 bits per heavy atom. The molecule has 2 aromatic rings. The van der Waals surface area contributed by atoms with Gasteiger partial charge in [-0.2, -0.15) is 5.26 Å². The molecule has 0 aromatic heterocycles. The molecule has 0 atom stereocenters. The first kappa shape index (κ1) is 20.1. The molecule has 27 heavy (non-hydrogen) atoms. The number of aryl methyl sites for hydroxylation is 2. The van der Waals surface area contributed by atoms with Crippen LogP contribution in [0.4, 0.5) is 17.1 Å². The summed E-state index contributed by atoms with van der Waals surface area (Å²) in [5.74, 6) is -0.412. The summed E-state index contributed by atoms with van der Waals surface area (Å²) in [6, 6.07) is 15.7. The number of para-hydroxylation sites is 1. The third-order valence-electron chi connectivity index (χ3n) is 4.37. The first-order valence-electron chi connectivity index (χ1n) is 9.06. The summed E-state index contributed by atoms with van der Waals surface area (Å²) in [5.41, 5.74) is 4.85. The summed E-state index contributed by atoms with van der Waals surface area (Å²) in [5, 5.41) is 15.3. The topological polar surface area (TPSA) is 68.2 Å². The van der Waals surface area contributed by atoms with Crippen molar-refractivity contribution in [3.8, 4) is 6.07 Å². The van der Waals surface area contributed by atoms with Crippen molar-refractivity contribution in [2.24, 2.45) is 0 Å². The number of hydrogen-bond donors (Lipinski definition) is 2. The van der Waals surface area contributed by atoms with Crippen LogP contribution in [0.5, 0.6) is 0 Å². The quantitative estimate of drug-likeness (QED) is 0.568. The average Bonchev–Trinajstić information content (AvgIpc) is 2.68. The number of nitrogens with zero attached hydrogens (tertiary/aromatic N) is 2. The normalized spacial score (nSPS) is 10.9. The van der Waals surface area contributed by atoms with Crippen LogP contribution in [0.3, 0.4) is 0 Å². The molecule has 0 unspecified atom stereocenters. The first-order chi connectivity index (χ1) is 13.0. The van der Waals surface area contributed by atoms with Gasteiger partial charge in [-0.15, -0.1) is 0 Å². The second-order valence-electron chi connectivity index (χ2n) is 6.37. The van der Waals surface area contributed by atoms with E-state index in [9.17, 15) is 10.1 Å². The molecule has 2 rings (SSSR count). The van der Waals surface area contributed by atoms with Crippen LogP contribution < -0.4 is 15.5 Å². The van der Waals surface area contributed by atoms with Crippen molar-refractivity contribution >= 4 is 23.0 Å². The van der Waals surface area contributed by atoms with Gasteiger partial charge in [0, 0.05) is 37.4 Å². The molecule has 0 spiro atoms. The van der Waals surface area contributed by atoms with E-state index < -0.39 is 5.91 Å². The minimum absolute atomic E-state index is 0.0274. The van der Waals surface area contributed by atoms with Gasteiger partial charge in [0.15, 0.2) is 0 Å². The summed E-state index contributed by atoms with van der Waals surface area (Å²) in [7, 11) is 3.94. The largest absolute Gasteiger partial charge is 0.378 e. The third kappa shape index (κ3) is 5.11. The predicted molar refractivity (Wildman–Crippen MR) is 112 cm³/mol. The average molecular weight is 362 g/mol. The zero-order chi connectivity index (χ0) is 19.8. The van der Waals surface area contributed by atoms with Crippen molar-refractivity contribution in [3.05, 3.63) is 65.4 Å². The van der Waals surface area contributed by atoms with E-state index in [1.807, 2.05) is 81.4 Å². The highest BCUT2D eigenvalue weighted by Crippen LogP contribution is 2.23. The fraction of sp³-hybridized carbons (Fsp3) is 0.273. The predicted octanol–water partition coefficient (Wildman–Crippen LogP) is 4.34. The molecule has 140 valence electrons. The van der Waals surface area contributed by atoms with Gasteiger partial charge in [0.2, 0.25) is 0 Å². The standard InChI is InChI=1S/C22H26N4O/c1-5-16-8-7-9-17(6-2)21(16)25-22(27)18(14-23)15-24-19-10-12-20(13-11-19)26(3)4/h7-13,15,24H,5-6H2,1-4H3,(H,25,27)/b18-15-. The highest BCUT2D eigenvalue weighted by Gasteiger charge is 2.13. The van der Waals surface area contributed by atoms with Crippen molar-refractivity contribution < 1.29 is 4.79 Å². The van der Waals surface area contributed by atoms with Gasteiger partial charge in [-0.3, -0.25) is 4.79 Å². The van der Waals surface area contributed by atoms with Gasteiger partial charge >= 0.3 is 0 Å². The third-order valence-corrected chi connectivity index (χ3v) is 4.37. The lowest BCUT2D eigenvalue weighted by molar-refractivity contribution is -0.112. The monoisotopic (exact) mass is 362 g/mol. The number of benzene rings is 2. The van der Waals surface area contributed by atoms with Crippen LogP contribution in [0.1, 0.15) is 25.0 Å². The molecule has 2 N–H and O–H groups in total. The maximum absolute atomic E-state index is 12.6. The summed E-state index contributed by atoms with van der Waals surface area (Å²) < 4.78 is 0. The summed E-state index contributed by atoms with van der Waals surface area (Å²) in [6.45, 7) is 4.09. The van der Waals surface area contributed by atoms with E-state index in [4.69, 9.17) is 0 Å². The highest BCUT2D eigenvalue weighted by molar-refractivity contribution is 6.07. The van der Waals surface area contributed by atoms with Crippen molar-refractivity contribution in [1.82, 2.24) is 0 Å². The summed E-state index contributed by atoms with van der Waals surface area (Å²) >= 11 is 0. The van der Waals surface area contributed by atoms with Gasteiger partial charge in [0.05, 0.1) is 0 Å². The van der Waals surface area contributed by atoms with Gasteiger partial charge in [-0.1, -0.05) is 32.0 Å². The summed E-state index contributed by atoms with van der Waals surface area (Å²) in [6.07, 6.45) is 3.07. The smallest absolute Gasteiger partial charge is 0.267 e. The maximum Gasteiger partial charge on any atom is 0.267 e. The second kappa shape index (κ2) is 9.44. The number of amides is 1. The molecule has 0 aliphatic carbocycles. The van der Waals surface area contributed by atoms with Crippen LogP contribution in [0.2, 0.25) is 0 Å². The molecule has 1 amide bonds. The maximum atomic E-state index is 12.6. The number of nitrogens with one attached hydrogen (secondary N) is 2. The lowest BCUT2D eigenvalue weighted by Gasteiger charge is -2.14. The highest BCUT2D eigenvalue weighted by atomic mass is 16.1. The lowest BCUT2D eigenvalue weighted by atomic mass is 10.0. The van der Waals surface area contributed by atoms with Gasteiger partial charge in [0.1, 0.15) is 11.6 Å². The molecular formula is C22H26N4O. The van der Waals surface area contributed by atoms with E-state index in [-0.39, 0.29) is 5.57 Å². The van der Waals surface area contributed by atoms with E-state index in [1.54, 1.807) is 0 Å². The molecule has 0 fully saturated rings. The minimum Gasteiger partial charge on any atom is -0.378 e. The van der Waals surface area contributed by atoms with Gasteiger partial charge in [-0.25, -0.2) is 0 Å². The Morgan fingerprint density at radius 1 is 1.07 bits per heavy atom. The van der Waals surface area contributed by atoms with E-state index in [1.165, 1.54) is 6.20 Å². The molecule has 0 radical (unpaired) electrons. The molecule has 0 bridgehead atoms. The summed E-state index contributed by atoms with van der Waals surface area (Å²) in [4.78, 5) is 14.6. The fourth-order valence-corrected chi connectivity index (χ4v) is 2.74. The van der Waals surface area contributed by atoms with Crippen molar-refractivity contribution in [2.75, 3.05) is 29.6 Å². The van der Waals surface area contributed by atoms with Crippen molar-refractivity contribution in [1.29, 1.82) is 5.26 Å². The molecule has 0 aliphatic heterocycles. The van der Waals surface area contributed by atoms with E-state index in [0.717, 1.165) is 41.0 Å². The zero-order valence-electron chi connectivity index (χ0n) is 16.3. The Morgan fingerprint density at radius 3 is 2.15 bits per heavy atom. The number of nitriles is 1. The number of hydrogen-bond acceptors (Lipinski definition) is 4. The second-order valence-corrected chi connectivity index (χ2v) is 6.37. The van der Waals surface area contributed by atoms with Crippen LogP contribution >= 0.6 is 0 Å². The van der Waals surface area contributed by atoms with Crippen molar-refractivity contribution in [3.63, 3.8) is 0 Å². The Bertz CT molecular complexity index is 839. The van der Waals surface area contributed by atoms with Crippen LogP contribution in [0.25, 0.3) is 0 Å². The molecular weight excluding hydrogens is 336 g/mol. The van der Waals surface area contributed by atoms with Gasteiger partial charge in [-0.05, 0) is 48.2 Å². The fourth-order valence-electron chi connectivity index (χ4n) is 2.74. The zero-order valence-corrected chi connectivity index (χ0v) is 16.3. The molecule has 5 nitrogen and oxygen atoms in total. The molecule has 2 aromatic carbocycles. The number of anilines is 3. The molecule has 0 saturated heterocycles. The first-order valence-corrected chi connectivity index (χ1v) is 9.06. The van der Waals surface area contributed by atoms with E-state index in [2.05, 4.69) is 10.6 Å². The van der Waals surface area contributed by atoms with Crippen LogP contribution in [0, 0.1) is 11.3 Å². The van der Waals surface area contributed by atoms with Crippen molar-refractivity contribution in [2.45, 2.75) is 26.7 Å². The Hall–Kier alpha value is -3.26. The number of rotatable bonds is 7. The van der Waals surface area contributed by atoms with Gasteiger partial charge in [0.25, 0.3) is 5.91 Å². The Balaban J connectivity index is 2.16. The molecule has 0 saturated carbocycles. The van der Waals surface area contributed by atoms with E-state index in [0.29, 0.717) is 0 Å². The minimum atomic E-state index is -0.412. The molecule has 5 heteroatoms. The SMILES string of the molecule is CCc1cccc(CC)c1NC(=O)/C(C#N)=C\Nc1ccc(N(C)C)cc1. The van der Waals surface area contributed by atoms with Crippen LogP contribution in [0.15, 0.2) is 54.2 Å². The number of carbonyl (C=O) groups excluding carboxylic acids is 1. The van der Waals surface area contributed by atoms with Gasteiger partial charge < -0.3 is 15.5 Å². The van der Waals surface area contributed by atoms with Crippen LogP contribution in [-0.2, 0) is 17.6 Å². The lowest BCUT2D eigenvalue weighted by Crippen LogP contribution is -2.17. The Kier molecular flexibility index (Phi) is 7.01.